The van der Waals surface area contributed by atoms with Crippen molar-refractivity contribution in [1.82, 2.24) is 0 Å². The van der Waals surface area contributed by atoms with Crippen molar-refractivity contribution < 1.29 is 27.4 Å². The molecule has 0 aliphatic heterocycles. The van der Waals surface area contributed by atoms with E-state index in [1.807, 2.05) is 30.3 Å². The van der Waals surface area contributed by atoms with Crippen LogP contribution in [-0.2, 0) is 11.2 Å². The molecule has 0 aromatic heterocycles. The van der Waals surface area contributed by atoms with Gasteiger partial charge in [-0.2, -0.15) is 13.2 Å². The van der Waals surface area contributed by atoms with E-state index in [9.17, 15) is 13.2 Å². The summed E-state index contributed by atoms with van der Waals surface area (Å²) in [6, 6.07) is 14.2. The van der Waals surface area contributed by atoms with Gasteiger partial charge < -0.3 is 14.2 Å². The molecule has 3 nitrogen and oxygen atoms in total. The number of methoxy groups -OCH3 is 2. The largest absolute Gasteiger partial charge is 0.493 e. The van der Waals surface area contributed by atoms with Crippen LogP contribution >= 0.6 is 0 Å². The summed E-state index contributed by atoms with van der Waals surface area (Å²) in [4.78, 5) is 0. The zero-order valence-corrected chi connectivity index (χ0v) is 13.5. The second-order valence-electron chi connectivity index (χ2n) is 5.22. The topological polar surface area (TPSA) is 27.7 Å². The number of hydrogen-bond donors (Lipinski definition) is 0. The van der Waals surface area contributed by atoms with Crippen LogP contribution in [0.2, 0.25) is 0 Å². The molecule has 6 heteroatoms. The molecule has 0 heterocycles. The van der Waals surface area contributed by atoms with Gasteiger partial charge >= 0.3 is 6.18 Å². The maximum Gasteiger partial charge on any atom is 0.411 e. The molecular weight excluding hydrogens is 321 g/mol. The summed E-state index contributed by atoms with van der Waals surface area (Å²) in [7, 11) is 2.98. The number of hydrogen-bond acceptors (Lipinski definition) is 3. The highest BCUT2D eigenvalue weighted by Crippen LogP contribution is 2.33. The molecule has 1 unspecified atom stereocenters. The van der Waals surface area contributed by atoms with E-state index < -0.39 is 18.9 Å². The SMILES string of the molecule is COc1ccc(C(Cc2ccccc2)OCC(F)(F)F)cc1OC. The van der Waals surface area contributed by atoms with Gasteiger partial charge in [-0.05, 0) is 23.3 Å². The third kappa shape index (κ3) is 5.16. The first-order valence-corrected chi connectivity index (χ1v) is 7.37. The lowest BCUT2D eigenvalue weighted by molar-refractivity contribution is -0.186. The van der Waals surface area contributed by atoms with E-state index in [1.165, 1.54) is 14.2 Å². The first-order chi connectivity index (χ1) is 11.4. The molecule has 0 aliphatic rings. The molecule has 2 aromatic carbocycles. The van der Waals surface area contributed by atoms with Crippen molar-refractivity contribution >= 4 is 0 Å². The molecule has 0 bridgehead atoms. The Morgan fingerprint density at radius 3 is 2.17 bits per heavy atom. The Bertz CT molecular complexity index is 642. The molecule has 0 amide bonds. The van der Waals surface area contributed by atoms with Gasteiger partial charge in [0.15, 0.2) is 11.5 Å². The van der Waals surface area contributed by atoms with Crippen molar-refractivity contribution in [3.8, 4) is 11.5 Å². The standard InChI is InChI=1S/C18H19F3O3/c1-22-15-9-8-14(11-17(15)23-2)16(24-12-18(19,20)21)10-13-6-4-3-5-7-13/h3-9,11,16H,10,12H2,1-2H3. The normalized spacial score (nSPS) is 12.7. The minimum Gasteiger partial charge on any atom is -0.493 e. The molecule has 130 valence electrons. The van der Waals surface area contributed by atoms with Crippen molar-refractivity contribution in [2.45, 2.75) is 18.7 Å². The number of halogens is 3. The highest BCUT2D eigenvalue weighted by Gasteiger charge is 2.30. The van der Waals surface area contributed by atoms with Crippen LogP contribution in [0.1, 0.15) is 17.2 Å². The lowest BCUT2D eigenvalue weighted by Gasteiger charge is -2.21. The molecule has 0 saturated heterocycles. The average molecular weight is 340 g/mol. The second-order valence-corrected chi connectivity index (χ2v) is 5.22. The highest BCUT2D eigenvalue weighted by atomic mass is 19.4. The van der Waals surface area contributed by atoms with E-state index in [-0.39, 0.29) is 0 Å². The van der Waals surface area contributed by atoms with Gasteiger partial charge in [-0.25, -0.2) is 0 Å². The first-order valence-electron chi connectivity index (χ1n) is 7.37. The minimum absolute atomic E-state index is 0.326. The summed E-state index contributed by atoms with van der Waals surface area (Å²) in [5, 5.41) is 0. The lowest BCUT2D eigenvalue weighted by Crippen LogP contribution is -2.20. The third-order valence-corrected chi connectivity index (χ3v) is 3.49. The molecule has 0 saturated carbocycles. The van der Waals surface area contributed by atoms with E-state index in [0.29, 0.717) is 23.5 Å². The summed E-state index contributed by atoms with van der Waals surface area (Å²) in [5.74, 6) is 0.958. The second kappa shape index (κ2) is 8.06. The van der Waals surface area contributed by atoms with E-state index >= 15 is 0 Å². The zero-order chi connectivity index (χ0) is 17.6. The van der Waals surface area contributed by atoms with Gasteiger partial charge in [-0.15, -0.1) is 0 Å². The van der Waals surface area contributed by atoms with Gasteiger partial charge in [0.05, 0.1) is 20.3 Å². The van der Waals surface area contributed by atoms with Crippen LogP contribution in [0.4, 0.5) is 13.2 Å². The molecule has 0 spiro atoms. The van der Waals surface area contributed by atoms with Gasteiger partial charge in [0, 0.05) is 6.42 Å². The van der Waals surface area contributed by atoms with Gasteiger partial charge in [-0.3, -0.25) is 0 Å². The Kier molecular flexibility index (Phi) is 6.09. The van der Waals surface area contributed by atoms with Crippen LogP contribution in [-0.4, -0.2) is 27.0 Å². The van der Waals surface area contributed by atoms with Crippen LogP contribution in [0.25, 0.3) is 0 Å². The predicted octanol–water partition coefficient (Wildman–Crippen LogP) is 4.57. The number of rotatable bonds is 7. The van der Waals surface area contributed by atoms with Crippen molar-refractivity contribution in [2.24, 2.45) is 0 Å². The molecule has 0 fully saturated rings. The molecule has 1 atom stereocenters. The summed E-state index contributed by atoms with van der Waals surface area (Å²) in [5.41, 5.74) is 1.49. The number of ether oxygens (including phenoxy) is 3. The summed E-state index contributed by atoms with van der Waals surface area (Å²) in [6.07, 6.45) is -4.80. The van der Waals surface area contributed by atoms with Crippen LogP contribution in [0.15, 0.2) is 48.5 Å². The Morgan fingerprint density at radius 2 is 1.58 bits per heavy atom. The van der Waals surface area contributed by atoms with E-state index in [4.69, 9.17) is 14.2 Å². The van der Waals surface area contributed by atoms with Gasteiger partial charge in [-0.1, -0.05) is 36.4 Å². The van der Waals surface area contributed by atoms with Crippen LogP contribution in [0, 0.1) is 0 Å². The van der Waals surface area contributed by atoms with E-state index in [1.54, 1.807) is 18.2 Å². The van der Waals surface area contributed by atoms with Crippen LogP contribution < -0.4 is 9.47 Å². The van der Waals surface area contributed by atoms with Crippen molar-refractivity contribution in [3.05, 3.63) is 59.7 Å². The summed E-state index contributed by atoms with van der Waals surface area (Å²) in [6.45, 7) is -1.31. The molecule has 2 aromatic rings. The Hall–Kier alpha value is -2.21. The first kappa shape index (κ1) is 18.1. The van der Waals surface area contributed by atoms with Crippen LogP contribution in [0.3, 0.4) is 0 Å². The van der Waals surface area contributed by atoms with Gasteiger partial charge in [0.25, 0.3) is 0 Å². The summed E-state index contributed by atoms with van der Waals surface area (Å²) < 4.78 is 53.2. The monoisotopic (exact) mass is 340 g/mol. The Morgan fingerprint density at radius 1 is 0.917 bits per heavy atom. The predicted molar refractivity (Wildman–Crippen MR) is 84.4 cm³/mol. The zero-order valence-electron chi connectivity index (χ0n) is 13.5. The molecule has 24 heavy (non-hydrogen) atoms. The third-order valence-electron chi connectivity index (χ3n) is 3.49. The van der Waals surface area contributed by atoms with E-state index in [2.05, 4.69) is 0 Å². The molecule has 0 aliphatic carbocycles. The minimum atomic E-state index is -4.38. The van der Waals surface area contributed by atoms with Crippen LogP contribution in [0.5, 0.6) is 11.5 Å². The van der Waals surface area contributed by atoms with Crippen molar-refractivity contribution in [1.29, 1.82) is 0 Å². The Balaban J connectivity index is 2.27. The van der Waals surface area contributed by atoms with E-state index in [0.717, 1.165) is 5.56 Å². The fourth-order valence-corrected chi connectivity index (χ4v) is 2.35. The van der Waals surface area contributed by atoms with Crippen molar-refractivity contribution in [2.75, 3.05) is 20.8 Å². The fourth-order valence-electron chi connectivity index (χ4n) is 2.35. The number of alkyl halides is 3. The Labute approximate surface area is 139 Å². The molecule has 0 radical (unpaired) electrons. The quantitative estimate of drug-likeness (QED) is 0.739. The summed E-state index contributed by atoms with van der Waals surface area (Å²) >= 11 is 0. The smallest absolute Gasteiger partial charge is 0.411 e. The van der Waals surface area contributed by atoms with Gasteiger partial charge in [0.2, 0.25) is 0 Å². The molecule has 2 rings (SSSR count). The molecular formula is C18H19F3O3. The highest BCUT2D eigenvalue weighted by molar-refractivity contribution is 5.43. The average Bonchev–Trinajstić information content (AvgIpc) is 2.58. The van der Waals surface area contributed by atoms with Gasteiger partial charge in [0.1, 0.15) is 6.61 Å². The number of benzene rings is 2. The van der Waals surface area contributed by atoms with Crippen molar-refractivity contribution in [3.63, 3.8) is 0 Å². The maximum absolute atomic E-state index is 12.6. The molecule has 0 N–H and O–H groups in total. The fraction of sp³-hybridized carbons (Fsp3) is 0.333. The lowest BCUT2D eigenvalue weighted by atomic mass is 10.0. The maximum atomic E-state index is 12.6.